The first-order valence-corrected chi connectivity index (χ1v) is 9.03. The summed E-state index contributed by atoms with van der Waals surface area (Å²) < 4.78 is 21.8. The average Bonchev–Trinajstić information content (AvgIpc) is 2.77. The number of carboxylic acid groups (broad SMARTS) is 2. The molecule has 2 N–H and O–H groups in total. The van der Waals surface area contributed by atoms with Crippen LogP contribution >= 0.6 is 0 Å². The van der Waals surface area contributed by atoms with Crippen LogP contribution in [0.2, 0.25) is 0 Å². The molecule has 0 radical (unpaired) electrons. The van der Waals surface area contributed by atoms with Gasteiger partial charge in [0.1, 0.15) is 11.5 Å². The Kier molecular flexibility index (Phi) is 4.90. The first-order chi connectivity index (χ1) is 15.3. The lowest BCUT2D eigenvalue weighted by Gasteiger charge is -2.16. The van der Waals surface area contributed by atoms with Crippen molar-refractivity contribution in [2.45, 2.75) is 0 Å². The van der Waals surface area contributed by atoms with Crippen molar-refractivity contribution in [2.75, 3.05) is 14.2 Å². The van der Waals surface area contributed by atoms with Gasteiger partial charge in [-0.1, -0.05) is 0 Å². The second kappa shape index (κ2) is 7.58. The number of hydrogen-bond donors (Lipinski definition) is 2. The number of rotatable bonds is 5. The van der Waals surface area contributed by atoms with Gasteiger partial charge in [0.05, 0.1) is 36.1 Å². The van der Waals surface area contributed by atoms with Crippen molar-refractivity contribution in [2.24, 2.45) is 0 Å². The molecule has 0 aliphatic carbocycles. The lowest BCUT2D eigenvalue weighted by Crippen LogP contribution is -2.09. The molecule has 0 atom stereocenters. The summed E-state index contributed by atoms with van der Waals surface area (Å²) >= 11 is 0. The van der Waals surface area contributed by atoms with Gasteiger partial charge >= 0.3 is 11.9 Å². The van der Waals surface area contributed by atoms with E-state index in [1.165, 1.54) is 38.5 Å². The molecule has 0 bridgehead atoms. The highest BCUT2D eigenvalue weighted by atomic mass is 16.5. The number of methoxy groups -OCH3 is 2. The molecule has 0 fully saturated rings. The van der Waals surface area contributed by atoms with Crippen LogP contribution in [0.5, 0.6) is 11.5 Å². The topological polar surface area (TPSA) is 153 Å². The van der Waals surface area contributed by atoms with E-state index >= 15 is 0 Å². The molecule has 4 rings (SSSR count). The van der Waals surface area contributed by atoms with Crippen LogP contribution in [-0.2, 0) is 0 Å². The summed E-state index contributed by atoms with van der Waals surface area (Å²) in [7, 11) is 2.67. The van der Waals surface area contributed by atoms with Crippen LogP contribution in [0.3, 0.4) is 0 Å². The SMILES string of the molecule is COc1ccc2c(=O)cc(C(=O)O)oc2c1-c1c(OC)ccc2c(=O)cc(C(=O)O)oc12. The van der Waals surface area contributed by atoms with E-state index in [9.17, 15) is 29.4 Å². The van der Waals surface area contributed by atoms with Crippen molar-refractivity contribution in [1.29, 1.82) is 0 Å². The molecular formula is C22H14O10. The number of hydrogen-bond acceptors (Lipinski definition) is 8. The van der Waals surface area contributed by atoms with Crippen LogP contribution in [0.4, 0.5) is 0 Å². The Hall–Kier alpha value is -4.60. The Bertz CT molecular complexity index is 1420. The van der Waals surface area contributed by atoms with Crippen LogP contribution in [0.15, 0.2) is 54.8 Å². The maximum Gasteiger partial charge on any atom is 0.371 e. The van der Waals surface area contributed by atoms with Gasteiger partial charge in [-0.05, 0) is 24.3 Å². The van der Waals surface area contributed by atoms with Gasteiger partial charge in [0.2, 0.25) is 11.5 Å². The fourth-order valence-electron chi connectivity index (χ4n) is 3.43. The molecule has 0 saturated heterocycles. The van der Waals surface area contributed by atoms with Crippen LogP contribution in [0.1, 0.15) is 21.1 Å². The minimum Gasteiger partial charge on any atom is -0.496 e. The maximum absolute atomic E-state index is 12.6. The van der Waals surface area contributed by atoms with Crippen molar-refractivity contribution in [3.8, 4) is 22.6 Å². The molecule has 10 heteroatoms. The third kappa shape index (κ3) is 3.14. The van der Waals surface area contributed by atoms with Crippen LogP contribution in [0.25, 0.3) is 33.1 Å². The maximum atomic E-state index is 12.6. The number of fused-ring (bicyclic) bond motifs is 2. The molecule has 0 aliphatic rings. The van der Waals surface area contributed by atoms with Crippen molar-refractivity contribution in [3.63, 3.8) is 0 Å². The van der Waals surface area contributed by atoms with Crippen LogP contribution in [0, 0.1) is 0 Å². The van der Waals surface area contributed by atoms with Gasteiger partial charge in [-0.25, -0.2) is 9.59 Å². The molecule has 0 saturated carbocycles. The predicted molar refractivity (Wildman–Crippen MR) is 111 cm³/mol. The molecule has 0 aliphatic heterocycles. The number of benzene rings is 2. The lowest BCUT2D eigenvalue weighted by molar-refractivity contribution is 0.0653. The van der Waals surface area contributed by atoms with E-state index in [1.54, 1.807) is 0 Å². The van der Waals surface area contributed by atoms with Gasteiger partial charge in [0.15, 0.2) is 22.0 Å². The Morgan fingerprint density at radius 3 is 1.41 bits per heavy atom. The summed E-state index contributed by atoms with van der Waals surface area (Å²) in [5.74, 6) is -3.91. The molecule has 2 aromatic heterocycles. The summed E-state index contributed by atoms with van der Waals surface area (Å²) in [4.78, 5) is 48.1. The van der Waals surface area contributed by atoms with E-state index in [-0.39, 0.29) is 44.6 Å². The van der Waals surface area contributed by atoms with Crippen LogP contribution < -0.4 is 20.3 Å². The fraction of sp³-hybridized carbons (Fsp3) is 0.0909. The van der Waals surface area contributed by atoms with Gasteiger partial charge < -0.3 is 28.5 Å². The van der Waals surface area contributed by atoms with E-state index < -0.39 is 34.3 Å². The standard InChI is InChI=1S/C22H14O10/c1-29-13-5-3-9-11(23)7-15(21(25)26)31-19(9)17(13)18-14(30-2)6-4-10-12(24)8-16(22(27)28)32-20(10)18/h3-8H,1-2H3,(H,25,26)(H,27,28). The summed E-state index contributed by atoms with van der Waals surface area (Å²) in [6.07, 6.45) is 0. The summed E-state index contributed by atoms with van der Waals surface area (Å²) in [5, 5.41) is 18.8. The quantitative estimate of drug-likeness (QED) is 0.475. The number of ether oxygens (including phenoxy) is 2. The predicted octanol–water partition coefficient (Wildman–Crippen LogP) is 2.98. The first-order valence-electron chi connectivity index (χ1n) is 9.03. The van der Waals surface area contributed by atoms with Gasteiger partial charge in [0.25, 0.3) is 0 Å². The van der Waals surface area contributed by atoms with Gasteiger partial charge in [-0.2, -0.15) is 0 Å². The molecule has 0 spiro atoms. The minimum atomic E-state index is -1.47. The van der Waals surface area contributed by atoms with E-state index in [0.717, 1.165) is 12.1 Å². The van der Waals surface area contributed by atoms with E-state index in [1.807, 2.05) is 0 Å². The zero-order valence-electron chi connectivity index (χ0n) is 16.6. The molecule has 10 nitrogen and oxygen atoms in total. The van der Waals surface area contributed by atoms with Gasteiger partial charge in [0, 0.05) is 12.1 Å². The Morgan fingerprint density at radius 1 is 0.719 bits per heavy atom. The minimum absolute atomic E-state index is 0.0293. The highest BCUT2D eigenvalue weighted by Crippen LogP contribution is 2.44. The average molecular weight is 438 g/mol. The van der Waals surface area contributed by atoms with E-state index in [2.05, 4.69) is 0 Å². The van der Waals surface area contributed by atoms with Crippen molar-refractivity contribution in [3.05, 3.63) is 68.4 Å². The fourth-order valence-corrected chi connectivity index (χ4v) is 3.43. The Balaban J connectivity index is 2.29. The zero-order valence-corrected chi connectivity index (χ0v) is 16.6. The molecule has 4 aromatic rings. The Morgan fingerprint density at radius 2 is 1.09 bits per heavy atom. The van der Waals surface area contributed by atoms with Crippen LogP contribution in [-0.4, -0.2) is 36.4 Å². The molecule has 32 heavy (non-hydrogen) atoms. The van der Waals surface area contributed by atoms with Crippen molar-refractivity contribution >= 4 is 33.9 Å². The van der Waals surface area contributed by atoms with Crippen molar-refractivity contribution < 1.29 is 38.1 Å². The number of carboxylic acids is 2. The molecule has 162 valence electrons. The second-order valence-corrected chi connectivity index (χ2v) is 6.60. The molecular weight excluding hydrogens is 424 g/mol. The van der Waals surface area contributed by atoms with E-state index in [0.29, 0.717) is 0 Å². The third-order valence-electron chi connectivity index (χ3n) is 4.83. The summed E-state index contributed by atoms with van der Waals surface area (Å²) in [5.41, 5.74) is -1.47. The van der Waals surface area contributed by atoms with Crippen molar-refractivity contribution in [1.82, 2.24) is 0 Å². The van der Waals surface area contributed by atoms with Gasteiger partial charge in [-0.15, -0.1) is 0 Å². The highest BCUT2D eigenvalue weighted by Gasteiger charge is 2.25. The number of carbonyl (C=O) groups is 2. The Labute approximate surface area is 177 Å². The third-order valence-corrected chi connectivity index (χ3v) is 4.83. The zero-order chi connectivity index (χ0) is 23.2. The summed E-state index contributed by atoms with van der Waals surface area (Å²) in [6, 6.07) is 7.36. The first kappa shape index (κ1) is 20.7. The number of aromatic carboxylic acids is 2. The largest absolute Gasteiger partial charge is 0.496 e. The smallest absolute Gasteiger partial charge is 0.371 e. The lowest BCUT2D eigenvalue weighted by atomic mass is 9.97. The molecule has 0 amide bonds. The normalized spacial score (nSPS) is 10.9. The monoisotopic (exact) mass is 438 g/mol. The molecule has 0 unspecified atom stereocenters. The van der Waals surface area contributed by atoms with Gasteiger partial charge in [-0.3, -0.25) is 9.59 Å². The molecule has 2 heterocycles. The summed E-state index contributed by atoms with van der Waals surface area (Å²) in [6.45, 7) is 0. The molecule has 2 aromatic carbocycles. The van der Waals surface area contributed by atoms with E-state index in [4.69, 9.17) is 18.3 Å². The highest BCUT2D eigenvalue weighted by molar-refractivity contribution is 6.06. The second-order valence-electron chi connectivity index (χ2n) is 6.60.